The summed E-state index contributed by atoms with van der Waals surface area (Å²) in [5.74, 6) is -0.196. The van der Waals surface area contributed by atoms with Crippen molar-refractivity contribution in [1.29, 1.82) is 0 Å². The number of hydrogen-bond acceptors (Lipinski definition) is 5. The van der Waals surface area contributed by atoms with E-state index in [1.165, 1.54) is 122 Å². The molecule has 0 aromatic carbocycles. The van der Waals surface area contributed by atoms with Gasteiger partial charge in [0.1, 0.15) is 13.2 Å². The molecule has 0 heterocycles. The molecule has 0 spiro atoms. The lowest BCUT2D eigenvalue weighted by atomic mass is 10.0. The molecule has 3 N–H and O–H groups in total. The van der Waals surface area contributed by atoms with Crippen LogP contribution in [-0.2, 0) is 18.4 Å². The molecule has 0 rings (SSSR count). The molecule has 0 aliphatic carbocycles. The Kier molecular flexibility index (Phi) is 47.5. The maximum Gasteiger partial charge on any atom is 0.472 e. The standard InChI is InChI=1S/C59H105N2O6P/c1-6-8-10-12-14-16-18-20-22-24-25-26-27-28-29-30-31-32-33-34-35-37-39-41-43-45-47-49-51-53-59(63)60-57(56-67-68(64,65)66-55-54-61(3,4)5)58(62)52-50-48-46-44-42-40-38-36-23-21-19-17-15-13-11-9-7-2/h8,10,14,16,20,22-23,25-26,28-29,36,42,44,50,52,57-58,62H,6-7,9,11-13,15,17-19,21,24,27,30-35,37-41,43,45-49,51,53-56H2,1-5H3,(H-,60,63,64,65)/p+1/b10-8-,16-14-,22-20-,26-25-,29-28-,36-23+,44-42+,52-50+. The van der Waals surface area contributed by atoms with Crippen molar-refractivity contribution in [2.45, 2.75) is 231 Å². The van der Waals surface area contributed by atoms with E-state index in [2.05, 4.69) is 104 Å². The Labute approximate surface area is 419 Å². The van der Waals surface area contributed by atoms with Gasteiger partial charge in [0.15, 0.2) is 0 Å². The first kappa shape index (κ1) is 65.4. The van der Waals surface area contributed by atoms with E-state index in [-0.39, 0.29) is 19.1 Å². The lowest BCUT2D eigenvalue weighted by molar-refractivity contribution is -0.870. The predicted octanol–water partition coefficient (Wildman–Crippen LogP) is 16.6. The lowest BCUT2D eigenvalue weighted by Crippen LogP contribution is -2.45. The van der Waals surface area contributed by atoms with Crippen LogP contribution < -0.4 is 5.32 Å². The van der Waals surface area contributed by atoms with Gasteiger partial charge in [0.25, 0.3) is 0 Å². The third-order valence-corrected chi connectivity index (χ3v) is 12.7. The van der Waals surface area contributed by atoms with Crippen LogP contribution in [0.3, 0.4) is 0 Å². The highest BCUT2D eigenvalue weighted by Crippen LogP contribution is 2.43. The Hall–Kier alpha value is -2.58. The average Bonchev–Trinajstić information content (AvgIpc) is 3.30. The largest absolute Gasteiger partial charge is 0.472 e. The van der Waals surface area contributed by atoms with Crippen LogP contribution in [0.2, 0.25) is 0 Å². The van der Waals surface area contributed by atoms with Gasteiger partial charge in [-0.1, -0.05) is 220 Å². The molecule has 8 nitrogen and oxygen atoms in total. The number of carbonyl (C=O) groups is 1. The molecule has 0 aliphatic heterocycles. The second-order valence-corrected chi connectivity index (χ2v) is 21.0. The maximum atomic E-state index is 13.0. The molecular formula is C59H106N2O6P+. The highest BCUT2D eigenvalue weighted by Gasteiger charge is 2.27. The van der Waals surface area contributed by atoms with Crippen molar-refractivity contribution < 1.29 is 32.9 Å². The highest BCUT2D eigenvalue weighted by atomic mass is 31.2. The molecule has 0 bridgehead atoms. The van der Waals surface area contributed by atoms with E-state index < -0.39 is 20.0 Å². The number of nitrogens with zero attached hydrogens (tertiary/aromatic N) is 1. The van der Waals surface area contributed by atoms with E-state index in [9.17, 15) is 19.4 Å². The van der Waals surface area contributed by atoms with Crippen LogP contribution in [0.25, 0.3) is 0 Å². The fraction of sp³-hybridized carbons (Fsp3) is 0.712. The summed E-state index contributed by atoms with van der Waals surface area (Å²) in [4.78, 5) is 23.3. The molecule has 3 unspecified atom stereocenters. The minimum absolute atomic E-state index is 0.0493. The van der Waals surface area contributed by atoms with Crippen molar-refractivity contribution in [3.63, 3.8) is 0 Å². The Morgan fingerprint density at radius 1 is 0.515 bits per heavy atom. The number of amides is 1. The number of hydrogen-bond donors (Lipinski definition) is 3. The van der Waals surface area contributed by atoms with Crippen LogP contribution in [0, 0.1) is 0 Å². The number of carbonyl (C=O) groups excluding carboxylic acids is 1. The van der Waals surface area contributed by atoms with Crippen LogP contribution in [0.4, 0.5) is 0 Å². The van der Waals surface area contributed by atoms with Gasteiger partial charge in [0, 0.05) is 6.42 Å². The van der Waals surface area contributed by atoms with Gasteiger partial charge in [0.2, 0.25) is 5.91 Å². The Balaban J connectivity index is 4.25. The number of allylic oxidation sites excluding steroid dienone is 15. The van der Waals surface area contributed by atoms with Crippen LogP contribution in [-0.4, -0.2) is 73.4 Å². The van der Waals surface area contributed by atoms with Gasteiger partial charge >= 0.3 is 7.82 Å². The van der Waals surface area contributed by atoms with Crippen LogP contribution in [0.1, 0.15) is 219 Å². The zero-order chi connectivity index (χ0) is 49.9. The zero-order valence-corrected chi connectivity index (χ0v) is 45.5. The minimum Gasteiger partial charge on any atom is -0.387 e. The molecule has 68 heavy (non-hydrogen) atoms. The van der Waals surface area contributed by atoms with E-state index in [4.69, 9.17) is 9.05 Å². The normalized spacial score (nSPS) is 14.8. The van der Waals surface area contributed by atoms with Crippen molar-refractivity contribution in [1.82, 2.24) is 5.32 Å². The zero-order valence-electron chi connectivity index (χ0n) is 44.6. The Morgan fingerprint density at radius 2 is 0.897 bits per heavy atom. The average molecular weight is 970 g/mol. The second-order valence-electron chi connectivity index (χ2n) is 19.6. The fourth-order valence-electron chi connectivity index (χ4n) is 7.45. The van der Waals surface area contributed by atoms with Gasteiger partial charge in [-0.2, -0.15) is 0 Å². The van der Waals surface area contributed by atoms with E-state index >= 15 is 0 Å². The van der Waals surface area contributed by atoms with Crippen molar-refractivity contribution >= 4 is 13.7 Å². The van der Waals surface area contributed by atoms with Gasteiger partial charge in [-0.05, 0) is 89.9 Å². The van der Waals surface area contributed by atoms with Gasteiger partial charge in [-0.3, -0.25) is 13.8 Å². The summed E-state index contributed by atoms with van der Waals surface area (Å²) in [5.41, 5.74) is 0. The first-order chi connectivity index (χ1) is 33.0. The predicted molar refractivity (Wildman–Crippen MR) is 295 cm³/mol. The van der Waals surface area contributed by atoms with Gasteiger partial charge in [-0.15, -0.1) is 0 Å². The van der Waals surface area contributed by atoms with Crippen molar-refractivity contribution in [2.75, 3.05) is 40.9 Å². The number of likely N-dealkylation sites (N-methyl/N-ethyl adjacent to an activating group) is 1. The molecule has 3 atom stereocenters. The molecule has 0 radical (unpaired) electrons. The van der Waals surface area contributed by atoms with E-state index in [1.54, 1.807) is 6.08 Å². The molecule has 0 saturated heterocycles. The summed E-state index contributed by atoms with van der Waals surface area (Å²) in [6.45, 7) is 4.66. The quantitative estimate of drug-likeness (QED) is 0.0243. The smallest absolute Gasteiger partial charge is 0.387 e. The lowest BCUT2D eigenvalue weighted by Gasteiger charge is -2.25. The summed E-state index contributed by atoms with van der Waals surface area (Å²) >= 11 is 0. The van der Waals surface area contributed by atoms with Gasteiger partial charge in [0.05, 0.1) is 39.9 Å². The summed E-state index contributed by atoms with van der Waals surface area (Å²) < 4.78 is 23.6. The number of aliphatic hydroxyl groups is 1. The van der Waals surface area contributed by atoms with E-state index in [0.717, 1.165) is 77.0 Å². The number of phosphoric acid groups is 1. The number of rotatable bonds is 49. The van der Waals surface area contributed by atoms with Crippen LogP contribution in [0.15, 0.2) is 97.2 Å². The van der Waals surface area contributed by atoms with Crippen LogP contribution >= 0.6 is 7.82 Å². The molecular weight excluding hydrogens is 864 g/mol. The first-order valence-electron chi connectivity index (χ1n) is 27.6. The van der Waals surface area contributed by atoms with E-state index in [1.807, 2.05) is 27.2 Å². The number of nitrogens with one attached hydrogen (secondary N) is 1. The molecule has 0 saturated carbocycles. The van der Waals surface area contributed by atoms with Gasteiger partial charge < -0.3 is 19.8 Å². The summed E-state index contributed by atoms with van der Waals surface area (Å²) in [6, 6.07) is -0.876. The Morgan fingerprint density at radius 3 is 1.35 bits per heavy atom. The number of quaternary nitrogens is 1. The van der Waals surface area contributed by atoms with Crippen molar-refractivity contribution in [3.8, 4) is 0 Å². The number of unbranched alkanes of at least 4 members (excludes halogenated alkanes) is 22. The molecule has 1 amide bonds. The number of phosphoric ester groups is 1. The summed E-state index contributed by atoms with van der Waals surface area (Å²) in [7, 11) is 1.54. The third-order valence-electron chi connectivity index (χ3n) is 11.8. The third kappa shape index (κ3) is 51.3. The molecule has 0 aromatic rings. The molecule has 392 valence electrons. The fourth-order valence-corrected chi connectivity index (χ4v) is 8.19. The molecule has 0 aliphatic rings. The molecule has 0 aromatic heterocycles. The summed E-state index contributed by atoms with van der Waals surface area (Å²) in [5, 5.41) is 13.9. The van der Waals surface area contributed by atoms with Crippen molar-refractivity contribution in [3.05, 3.63) is 97.2 Å². The SMILES string of the molecule is CC/C=C\C/C=C\C/C=C\C/C=C\C/C=C\CCCCCCCCCCCCCCCC(=O)NC(COP(=O)(O)OCC[N+](C)(C)C)C(O)/C=C/CC/C=C/CC/C=C/CCCCCCCCC. The molecule has 0 fully saturated rings. The van der Waals surface area contributed by atoms with Crippen molar-refractivity contribution in [2.24, 2.45) is 0 Å². The first-order valence-corrected chi connectivity index (χ1v) is 29.1. The van der Waals surface area contributed by atoms with Crippen LogP contribution in [0.5, 0.6) is 0 Å². The monoisotopic (exact) mass is 970 g/mol. The number of aliphatic hydroxyl groups excluding tert-OH is 1. The summed E-state index contributed by atoms with van der Waals surface area (Å²) in [6.07, 6.45) is 70.7. The van der Waals surface area contributed by atoms with Gasteiger partial charge in [-0.25, -0.2) is 4.57 Å². The molecule has 9 heteroatoms. The minimum atomic E-state index is -4.36. The Bertz CT molecular complexity index is 1420. The topological polar surface area (TPSA) is 105 Å². The second kappa shape index (κ2) is 49.4. The highest BCUT2D eigenvalue weighted by molar-refractivity contribution is 7.47. The maximum absolute atomic E-state index is 13.0. The van der Waals surface area contributed by atoms with E-state index in [0.29, 0.717) is 17.4 Å².